The van der Waals surface area contributed by atoms with E-state index in [1.54, 1.807) is 20.5 Å². The summed E-state index contributed by atoms with van der Waals surface area (Å²) in [4.78, 5) is 9.19. The lowest BCUT2D eigenvalue weighted by atomic mass is 10.1. The fourth-order valence-electron chi connectivity index (χ4n) is 4.07. The molecule has 0 aliphatic carbocycles. The number of ether oxygens (including phenoxy) is 2. The molecule has 0 atom stereocenters. The van der Waals surface area contributed by atoms with Gasteiger partial charge < -0.3 is 25.1 Å². The van der Waals surface area contributed by atoms with Crippen molar-refractivity contribution in [2.75, 3.05) is 19.5 Å². The standard InChI is InChI=1S/C23H29N7O2/c1-13(2)30-18(10-24)20(17-8-14(3)28-29-17)21-22(26-12-27-23(21)30)25-11-15-6-7-16(31-4)9-19(15)32-5/h6-9,12-13H,10-11,24H2,1-5H3,(H,28,29)(H,25,26,27). The second kappa shape index (κ2) is 8.88. The molecule has 9 nitrogen and oxygen atoms in total. The van der Waals surface area contributed by atoms with Gasteiger partial charge in [0.25, 0.3) is 0 Å². The normalized spacial score (nSPS) is 11.3. The first kappa shape index (κ1) is 21.6. The minimum atomic E-state index is 0.175. The highest BCUT2D eigenvalue weighted by Crippen LogP contribution is 2.38. The topological polar surface area (TPSA) is 116 Å². The number of benzene rings is 1. The molecular formula is C23H29N7O2. The number of aryl methyl sites for hydroxylation is 1. The number of aromatic nitrogens is 5. The number of methoxy groups -OCH3 is 2. The number of hydrogen-bond donors (Lipinski definition) is 3. The highest BCUT2D eigenvalue weighted by Gasteiger charge is 2.25. The van der Waals surface area contributed by atoms with E-state index < -0.39 is 0 Å². The summed E-state index contributed by atoms with van der Waals surface area (Å²) >= 11 is 0. The molecule has 0 saturated carbocycles. The Balaban J connectivity index is 1.84. The molecule has 4 N–H and O–H groups in total. The molecule has 168 valence electrons. The van der Waals surface area contributed by atoms with Gasteiger partial charge in [0.2, 0.25) is 0 Å². The molecular weight excluding hydrogens is 406 g/mol. The summed E-state index contributed by atoms with van der Waals surface area (Å²) in [5.41, 5.74) is 11.8. The largest absolute Gasteiger partial charge is 0.497 e. The fourth-order valence-corrected chi connectivity index (χ4v) is 4.07. The number of hydrogen-bond acceptors (Lipinski definition) is 7. The van der Waals surface area contributed by atoms with Crippen LogP contribution in [0, 0.1) is 6.92 Å². The third-order valence-corrected chi connectivity index (χ3v) is 5.50. The second-order valence-electron chi connectivity index (χ2n) is 7.88. The van der Waals surface area contributed by atoms with Crippen LogP contribution in [0.3, 0.4) is 0 Å². The number of H-pyrrole nitrogens is 1. The maximum absolute atomic E-state index is 6.22. The van der Waals surface area contributed by atoms with Gasteiger partial charge >= 0.3 is 0 Å². The van der Waals surface area contributed by atoms with Crippen LogP contribution >= 0.6 is 0 Å². The van der Waals surface area contributed by atoms with Gasteiger partial charge in [-0.25, -0.2) is 9.97 Å². The Morgan fingerprint density at radius 3 is 2.59 bits per heavy atom. The smallest absolute Gasteiger partial charge is 0.146 e. The SMILES string of the molecule is COc1ccc(CNc2ncnc3c2c(-c2cc(C)[nH]n2)c(CN)n3C(C)C)c(OC)c1. The van der Waals surface area contributed by atoms with Crippen LogP contribution in [0.5, 0.6) is 11.5 Å². The van der Waals surface area contributed by atoms with Crippen LogP contribution in [0.2, 0.25) is 0 Å². The molecule has 0 amide bonds. The van der Waals surface area contributed by atoms with E-state index in [1.165, 1.54) is 0 Å². The third-order valence-electron chi connectivity index (χ3n) is 5.50. The molecule has 32 heavy (non-hydrogen) atoms. The van der Waals surface area contributed by atoms with Gasteiger partial charge in [0, 0.05) is 47.7 Å². The Bertz CT molecular complexity index is 1240. The number of nitrogens with zero attached hydrogens (tertiary/aromatic N) is 4. The molecule has 4 aromatic rings. The first-order valence-electron chi connectivity index (χ1n) is 10.5. The van der Waals surface area contributed by atoms with Crippen molar-refractivity contribution in [3.05, 3.63) is 47.5 Å². The van der Waals surface area contributed by atoms with Gasteiger partial charge in [0.1, 0.15) is 29.3 Å². The summed E-state index contributed by atoms with van der Waals surface area (Å²) in [7, 11) is 3.28. The van der Waals surface area contributed by atoms with Gasteiger partial charge in [-0.1, -0.05) is 0 Å². The fraction of sp³-hybridized carbons (Fsp3) is 0.348. The summed E-state index contributed by atoms with van der Waals surface area (Å²) < 4.78 is 13.0. The summed E-state index contributed by atoms with van der Waals surface area (Å²) in [6.07, 6.45) is 1.58. The van der Waals surface area contributed by atoms with E-state index >= 15 is 0 Å². The van der Waals surface area contributed by atoms with Crippen molar-refractivity contribution in [3.63, 3.8) is 0 Å². The van der Waals surface area contributed by atoms with Crippen LogP contribution in [0.25, 0.3) is 22.3 Å². The average Bonchev–Trinajstić information content (AvgIpc) is 3.38. The van der Waals surface area contributed by atoms with Crippen LogP contribution in [0.15, 0.2) is 30.6 Å². The van der Waals surface area contributed by atoms with E-state index in [0.29, 0.717) is 13.1 Å². The maximum Gasteiger partial charge on any atom is 0.146 e. The number of fused-ring (bicyclic) bond motifs is 1. The van der Waals surface area contributed by atoms with E-state index in [0.717, 1.165) is 56.6 Å². The molecule has 0 unspecified atom stereocenters. The lowest BCUT2D eigenvalue weighted by Gasteiger charge is -2.13. The zero-order valence-electron chi connectivity index (χ0n) is 19.1. The summed E-state index contributed by atoms with van der Waals surface area (Å²) in [6.45, 7) is 7.10. The van der Waals surface area contributed by atoms with Crippen molar-refractivity contribution in [3.8, 4) is 22.8 Å². The lowest BCUT2D eigenvalue weighted by molar-refractivity contribution is 0.391. The van der Waals surface area contributed by atoms with E-state index in [4.69, 9.17) is 15.2 Å². The van der Waals surface area contributed by atoms with E-state index in [9.17, 15) is 0 Å². The molecule has 1 aromatic carbocycles. The zero-order chi connectivity index (χ0) is 22.8. The lowest BCUT2D eigenvalue weighted by Crippen LogP contribution is -2.10. The predicted molar refractivity (Wildman–Crippen MR) is 125 cm³/mol. The van der Waals surface area contributed by atoms with Crippen molar-refractivity contribution >= 4 is 16.9 Å². The number of rotatable bonds is 8. The minimum absolute atomic E-state index is 0.175. The molecule has 0 saturated heterocycles. The highest BCUT2D eigenvalue weighted by atomic mass is 16.5. The predicted octanol–water partition coefficient (Wildman–Crippen LogP) is 3.80. The van der Waals surface area contributed by atoms with Gasteiger partial charge in [-0.3, -0.25) is 5.10 Å². The van der Waals surface area contributed by atoms with Crippen LogP contribution in [0.4, 0.5) is 5.82 Å². The molecule has 0 aliphatic heterocycles. The summed E-state index contributed by atoms with van der Waals surface area (Å²) in [5.74, 6) is 2.21. The van der Waals surface area contributed by atoms with Crippen molar-refractivity contribution in [2.24, 2.45) is 5.73 Å². The second-order valence-corrected chi connectivity index (χ2v) is 7.88. The first-order valence-corrected chi connectivity index (χ1v) is 10.5. The zero-order valence-corrected chi connectivity index (χ0v) is 19.1. The van der Waals surface area contributed by atoms with E-state index in [2.05, 4.69) is 43.9 Å². The Labute approximate surface area is 187 Å². The van der Waals surface area contributed by atoms with E-state index in [-0.39, 0.29) is 6.04 Å². The van der Waals surface area contributed by atoms with Crippen molar-refractivity contribution in [1.82, 2.24) is 24.7 Å². The van der Waals surface area contributed by atoms with Gasteiger partial charge in [-0.2, -0.15) is 5.10 Å². The Kier molecular flexibility index (Phi) is 6.00. The molecule has 0 fully saturated rings. The first-order chi connectivity index (χ1) is 15.5. The summed E-state index contributed by atoms with van der Waals surface area (Å²) in [5, 5.41) is 11.9. The molecule has 0 spiro atoms. The van der Waals surface area contributed by atoms with Crippen LogP contribution in [-0.2, 0) is 13.1 Å². The highest BCUT2D eigenvalue weighted by molar-refractivity contribution is 6.02. The Morgan fingerprint density at radius 1 is 1.16 bits per heavy atom. The minimum Gasteiger partial charge on any atom is -0.497 e. The Morgan fingerprint density at radius 2 is 1.97 bits per heavy atom. The summed E-state index contributed by atoms with van der Waals surface area (Å²) in [6, 6.07) is 7.95. The molecule has 0 bridgehead atoms. The van der Waals surface area contributed by atoms with Crippen molar-refractivity contribution in [1.29, 1.82) is 0 Å². The van der Waals surface area contributed by atoms with Crippen molar-refractivity contribution < 1.29 is 9.47 Å². The molecule has 0 radical (unpaired) electrons. The quantitative estimate of drug-likeness (QED) is 0.385. The third kappa shape index (κ3) is 3.75. The molecule has 3 aromatic heterocycles. The monoisotopic (exact) mass is 435 g/mol. The number of aromatic amines is 1. The molecule has 4 rings (SSSR count). The number of nitrogens with one attached hydrogen (secondary N) is 2. The molecule has 9 heteroatoms. The van der Waals surface area contributed by atoms with Crippen molar-refractivity contribution in [2.45, 2.75) is 39.9 Å². The average molecular weight is 436 g/mol. The number of nitrogens with two attached hydrogens (primary N) is 1. The van der Waals surface area contributed by atoms with Gasteiger partial charge in [-0.15, -0.1) is 0 Å². The van der Waals surface area contributed by atoms with Gasteiger partial charge in [-0.05, 0) is 39.0 Å². The van der Waals surface area contributed by atoms with Gasteiger partial charge in [0.15, 0.2) is 0 Å². The molecule has 0 aliphatic rings. The Hall–Kier alpha value is -3.59. The molecule has 3 heterocycles. The number of anilines is 1. The van der Waals surface area contributed by atoms with Crippen LogP contribution in [0.1, 0.15) is 36.8 Å². The van der Waals surface area contributed by atoms with Crippen LogP contribution < -0.4 is 20.5 Å². The maximum atomic E-state index is 6.22. The van der Waals surface area contributed by atoms with Crippen LogP contribution in [-0.4, -0.2) is 39.0 Å². The van der Waals surface area contributed by atoms with E-state index in [1.807, 2.05) is 31.2 Å². The van der Waals surface area contributed by atoms with Gasteiger partial charge in [0.05, 0.1) is 25.3 Å².